The molecule has 1 saturated carbocycles. The van der Waals surface area contributed by atoms with Crippen LogP contribution in [0.3, 0.4) is 0 Å². The predicted octanol–water partition coefficient (Wildman–Crippen LogP) is 3.85. The highest BCUT2D eigenvalue weighted by atomic mass is 32.1. The molecule has 0 spiro atoms. The summed E-state index contributed by atoms with van der Waals surface area (Å²) in [6, 6.07) is 8.13. The zero-order valence-electron chi connectivity index (χ0n) is 9.96. The summed E-state index contributed by atoms with van der Waals surface area (Å²) in [6.45, 7) is 0. The molecule has 0 radical (unpaired) electrons. The zero-order chi connectivity index (χ0) is 12.4. The van der Waals surface area contributed by atoms with Gasteiger partial charge in [0.1, 0.15) is 10.5 Å². The van der Waals surface area contributed by atoms with Crippen molar-refractivity contribution in [3.05, 3.63) is 29.3 Å². The number of hydrogen-bond acceptors (Lipinski definition) is 4. The standard InChI is InChI=1S/C13H14N2OS2/c16-18-15-13(8-4-1-5-9-13)12-14-10-6-2-3-7-11(10)17-12/h2-3,6-7H,1,4-5,8-9H2. The predicted molar refractivity (Wildman–Crippen MR) is 75.0 cm³/mol. The maximum Gasteiger partial charge on any atom is 0.200 e. The summed E-state index contributed by atoms with van der Waals surface area (Å²) in [5.74, 6) is 0. The van der Waals surface area contributed by atoms with Gasteiger partial charge in [0.25, 0.3) is 0 Å². The number of hydrogen-bond donors (Lipinski definition) is 0. The fraction of sp³-hybridized carbons (Fsp3) is 0.462. The average Bonchev–Trinajstić information content (AvgIpc) is 2.84. The van der Waals surface area contributed by atoms with E-state index in [4.69, 9.17) is 4.98 Å². The van der Waals surface area contributed by atoms with Gasteiger partial charge in [0.15, 0.2) is 0 Å². The molecule has 1 aromatic carbocycles. The van der Waals surface area contributed by atoms with E-state index < -0.39 is 0 Å². The Bertz CT molecular complexity index is 577. The van der Waals surface area contributed by atoms with Crippen LogP contribution in [-0.2, 0) is 17.0 Å². The van der Waals surface area contributed by atoms with Crippen LogP contribution in [0.4, 0.5) is 0 Å². The first-order valence-electron chi connectivity index (χ1n) is 6.21. The normalized spacial score (nSPS) is 18.7. The summed E-state index contributed by atoms with van der Waals surface area (Å²) >= 11 is 2.04. The zero-order valence-corrected chi connectivity index (χ0v) is 11.6. The molecular formula is C13H14N2OS2. The molecule has 1 aliphatic carbocycles. The summed E-state index contributed by atoms with van der Waals surface area (Å²) < 4.78 is 16.4. The van der Waals surface area contributed by atoms with Crippen molar-refractivity contribution in [3.8, 4) is 0 Å². The molecule has 0 N–H and O–H groups in total. The molecule has 1 aromatic heterocycles. The Morgan fingerprint density at radius 2 is 2.00 bits per heavy atom. The molecule has 94 valence electrons. The molecule has 1 heterocycles. The second-order valence-corrected chi connectivity index (χ2v) is 6.11. The van der Waals surface area contributed by atoms with Crippen LogP contribution in [0.15, 0.2) is 28.6 Å². The Morgan fingerprint density at radius 3 is 2.72 bits per heavy atom. The fourth-order valence-corrected chi connectivity index (χ4v) is 4.25. The van der Waals surface area contributed by atoms with E-state index in [1.807, 2.05) is 18.2 Å². The molecule has 3 nitrogen and oxygen atoms in total. The number of nitrogens with zero attached hydrogens (tertiary/aromatic N) is 2. The molecule has 3 rings (SSSR count). The summed E-state index contributed by atoms with van der Waals surface area (Å²) in [4.78, 5) is 4.70. The van der Waals surface area contributed by atoms with Gasteiger partial charge in [-0.2, -0.15) is 8.57 Å². The molecule has 5 heteroatoms. The molecule has 0 amide bonds. The first kappa shape index (κ1) is 12.0. The van der Waals surface area contributed by atoms with Gasteiger partial charge in [-0.05, 0) is 25.0 Å². The smallest absolute Gasteiger partial charge is 0.200 e. The van der Waals surface area contributed by atoms with Crippen molar-refractivity contribution in [3.63, 3.8) is 0 Å². The van der Waals surface area contributed by atoms with Crippen LogP contribution in [0, 0.1) is 0 Å². The van der Waals surface area contributed by atoms with Crippen LogP contribution in [0.25, 0.3) is 10.2 Å². The van der Waals surface area contributed by atoms with Crippen LogP contribution < -0.4 is 0 Å². The molecule has 0 unspecified atom stereocenters. The monoisotopic (exact) mass is 278 g/mol. The summed E-state index contributed by atoms with van der Waals surface area (Å²) in [5.41, 5.74) is 0.697. The number of para-hydroxylation sites is 1. The number of aromatic nitrogens is 1. The Kier molecular flexibility index (Phi) is 3.26. The van der Waals surface area contributed by atoms with Crippen molar-refractivity contribution < 1.29 is 4.21 Å². The van der Waals surface area contributed by atoms with Crippen LogP contribution in [0.5, 0.6) is 0 Å². The second-order valence-electron chi connectivity index (χ2n) is 4.74. The largest absolute Gasteiger partial charge is 0.239 e. The maximum atomic E-state index is 10.9. The van der Waals surface area contributed by atoms with Crippen LogP contribution in [0.1, 0.15) is 37.1 Å². The Morgan fingerprint density at radius 1 is 1.22 bits per heavy atom. The van der Waals surface area contributed by atoms with E-state index in [-0.39, 0.29) is 5.54 Å². The number of benzene rings is 1. The highest BCUT2D eigenvalue weighted by Crippen LogP contribution is 2.43. The van der Waals surface area contributed by atoms with E-state index >= 15 is 0 Å². The molecule has 0 saturated heterocycles. The lowest BCUT2D eigenvalue weighted by atomic mass is 9.83. The van der Waals surface area contributed by atoms with Crippen LogP contribution in [0.2, 0.25) is 0 Å². The van der Waals surface area contributed by atoms with Gasteiger partial charge < -0.3 is 0 Å². The van der Waals surface area contributed by atoms with Gasteiger partial charge in [-0.1, -0.05) is 31.4 Å². The van der Waals surface area contributed by atoms with Crippen molar-refractivity contribution >= 4 is 33.0 Å². The van der Waals surface area contributed by atoms with Gasteiger partial charge in [0.05, 0.1) is 10.2 Å². The minimum Gasteiger partial charge on any atom is -0.239 e. The Hall–Kier alpha value is -1.07. The van der Waals surface area contributed by atoms with E-state index in [0.717, 1.165) is 36.2 Å². The fourth-order valence-electron chi connectivity index (χ4n) is 2.62. The van der Waals surface area contributed by atoms with Crippen molar-refractivity contribution in [1.29, 1.82) is 0 Å². The quantitative estimate of drug-likeness (QED) is 0.837. The molecule has 18 heavy (non-hydrogen) atoms. The van der Waals surface area contributed by atoms with E-state index in [2.05, 4.69) is 10.4 Å². The highest BCUT2D eigenvalue weighted by molar-refractivity contribution is 7.54. The van der Waals surface area contributed by atoms with Crippen molar-refractivity contribution in [2.45, 2.75) is 37.6 Å². The molecule has 1 fully saturated rings. The molecule has 0 aliphatic heterocycles. The summed E-state index contributed by atoms with van der Waals surface area (Å²) in [5, 5.41) is 1.02. The first-order valence-corrected chi connectivity index (χ1v) is 7.73. The van der Waals surface area contributed by atoms with Gasteiger partial charge in [0, 0.05) is 0 Å². The summed E-state index contributed by atoms with van der Waals surface area (Å²) in [6.07, 6.45) is 5.44. The summed E-state index contributed by atoms with van der Waals surface area (Å²) in [7, 11) is 0. The molecule has 2 aromatic rings. The first-order chi connectivity index (χ1) is 8.84. The lowest BCUT2D eigenvalue weighted by Crippen LogP contribution is -2.26. The maximum absolute atomic E-state index is 10.9. The Balaban J connectivity index is 2.11. The number of rotatable bonds is 2. The van der Waals surface area contributed by atoms with Crippen LogP contribution >= 0.6 is 11.3 Å². The molecular weight excluding hydrogens is 264 g/mol. The molecule has 1 aliphatic rings. The highest BCUT2D eigenvalue weighted by Gasteiger charge is 2.37. The average molecular weight is 278 g/mol. The third-order valence-corrected chi connectivity index (χ3v) is 5.24. The van der Waals surface area contributed by atoms with E-state index in [1.54, 1.807) is 11.3 Å². The minimum atomic E-state index is -0.325. The third-order valence-electron chi connectivity index (χ3n) is 3.58. The molecule has 0 atom stereocenters. The van der Waals surface area contributed by atoms with Gasteiger partial charge in [-0.15, -0.1) is 11.3 Å². The number of fused-ring (bicyclic) bond motifs is 1. The third kappa shape index (κ3) is 2.01. The van der Waals surface area contributed by atoms with E-state index in [0.29, 0.717) is 11.5 Å². The lowest BCUT2D eigenvalue weighted by Gasteiger charge is -2.29. The van der Waals surface area contributed by atoms with Crippen molar-refractivity contribution in [2.75, 3.05) is 0 Å². The van der Waals surface area contributed by atoms with Gasteiger partial charge in [-0.25, -0.2) is 4.98 Å². The lowest BCUT2D eigenvalue weighted by molar-refractivity contribution is 0.308. The van der Waals surface area contributed by atoms with E-state index in [9.17, 15) is 4.21 Å². The van der Waals surface area contributed by atoms with Crippen molar-refractivity contribution in [2.24, 2.45) is 4.36 Å². The van der Waals surface area contributed by atoms with Gasteiger partial charge in [-0.3, -0.25) is 0 Å². The van der Waals surface area contributed by atoms with Crippen molar-refractivity contribution in [1.82, 2.24) is 4.98 Å². The second kappa shape index (κ2) is 4.90. The Labute approximate surface area is 113 Å². The van der Waals surface area contributed by atoms with Gasteiger partial charge >= 0.3 is 0 Å². The van der Waals surface area contributed by atoms with Crippen LogP contribution in [-0.4, -0.2) is 9.19 Å². The van der Waals surface area contributed by atoms with Gasteiger partial charge in [0.2, 0.25) is 11.5 Å². The molecule has 0 bridgehead atoms. The SMILES string of the molecule is O=S=NC1(c2nc3ccccc3s2)CCCCC1. The van der Waals surface area contributed by atoms with E-state index in [1.165, 1.54) is 11.1 Å². The topological polar surface area (TPSA) is 42.3 Å². The number of thiazole rings is 1. The minimum absolute atomic E-state index is 0.325.